The minimum absolute atomic E-state index is 0.124. The number of hydrogen-bond donors (Lipinski definition) is 1. The molecular formula is C13H19NO3S. The van der Waals surface area contributed by atoms with E-state index in [1.165, 1.54) is 16.9 Å². The van der Waals surface area contributed by atoms with Crippen LogP contribution >= 0.6 is 11.3 Å². The third-order valence-corrected chi connectivity index (χ3v) is 4.17. The lowest BCUT2D eigenvalue weighted by molar-refractivity contribution is 0.0957. The van der Waals surface area contributed by atoms with Gasteiger partial charge in [0.15, 0.2) is 5.78 Å². The molecule has 1 aromatic rings. The molecule has 18 heavy (non-hydrogen) atoms. The molecule has 0 aliphatic carbocycles. The molecule has 0 saturated carbocycles. The zero-order valence-corrected chi connectivity index (χ0v) is 11.4. The van der Waals surface area contributed by atoms with Gasteiger partial charge in [0.2, 0.25) is 0 Å². The predicted molar refractivity (Wildman–Crippen MR) is 71.0 cm³/mol. The molecule has 0 aromatic carbocycles. The van der Waals surface area contributed by atoms with Crippen LogP contribution in [0.15, 0.2) is 11.4 Å². The van der Waals surface area contributed by atoms with Gasteiger partial charge in [-0.25, -0.2) is 0 Å². The van der Waals surface area contributed by atoms with Crippen LogP contribution in [0.5, 0.6) is 0 Å². The van der Waals surface area contributed by atoms with Crippen LogP contribution < -0.4 is 0 Å². The minimum atomic E-state index is 0.124. The van der Waals surface area contributed by atoms with E-state index in [2.05, 4.69) is 4.90 Å². The topological polar surface area (TPSA) is 49.8 Å². The number of aliphatic hydroxyl groups is 1. The van der Waals surface area contributed by atoms with Crippen LogP contribution in [0.1, 0.15) is 22.2 Å². The fourth-order valence-electron chi connectivity index (χ4n) is 2.11. The molecule has 5 heteroatoms. The first-order valence-corrected chi connectivity index (χ1v) is 7.06. The number of rotatable bonds is 4. The van der Waals surface area contributed by atoms with E-state index in [0.29, 0.717) is 13.2 Å². The molecular weight excluding hydrogens is 250 g/mol. The van der Waals surface area contributed by atoms with Gasteiger partial charge < -0.3 is 9.84 Å². The molecule has 1 atom stereocenters. The Hall–Kier alpha value is -0.750. The Labute approximate surface area is 111 Å². The van der Waals surface area contributed by atoms with Crippen LogP contribution in [0.4, 0.5) is 0 Å². The zero-order chi connectivity index (χ0) is 13.0. The number of hydrogen-bond acceptors (Lipinski definition) is 5. The molecule has 1 aromatic heterocycles. The van der Waals surface area contributed by atoms with E-state index in [0.717, 1.165) is 24.5 Å². The molecule has 0 amide bonds. The fraction of sp³-hybridized carbons (Fsp3) is 0.615. The van der Waals surface area contributed by atoms with Crippen molar-refractivity contribution in [2.45, 2.75) is 13.5 Å². The van der Waals surface area contributed by atoms with Gasteiger partial charge in [-0.2, -0.15) is 0 Å². The first-order chi connectivity index (χ1) is 8.69. The summed E-state index contributed by atoms with van der Waals surface area (Å²) in [6, 6.07) is 1.96. The van der Waals surface area contributed by atoms with E-state index < -0.39 is 0 Å². The van der Waals surface area contributed by atoms with Crippen LogP contribution in [-0.2, 0) is 11.3 Å². The molecule has 0 unspecified atom stereocenters. The molecule has 1 aliphatic rings. The Kier molecular flexibility index (Phi) is 4.88. The second-order valence-electron chi connectivity index (χ2n) is 4.73. The number of aliphatic hydroxyl groups excluding tert-OH is 1. The molecule has 100 valence electrons. The Balaban J connectivity index is 1.96. The second-order valence-corrected chi connectivity index (χ2v) is 5.65. The summed E-state index contributed by atoms with van der Waals surface area (Å²) >= 11 is 1.50. The van der Waals surface area contributed by atoms with Crippen LogP contribution in [0.3, 0.4) is 0 Å². The van der Waals surface area contributed by atoms with Gasteiger partial charge in [-0.05, 0) is 23.9 Å². The number of ketones is 1. The quantitative estimate of drug-likeness (QED) is 0.839. The summed E-state index contributed by atoms with van der Waals surface area (Å²) in [7, 11) is 0. The molecule has 1 aliphatic heterocycles. The van der Waals surface area contributed by atoms with Crippen molar-refractivity contribution >= 4 is 17.1 Å². The number of carbonyl (C=O) groups excluding carboxylic acids is 1. The highest BCUT2D eigenvalue weighted by Crippen LogP contribution is 2.18. The van der Waals surface area contributed by atoms with Gasteiger partial charge in [0.25, 0.3) is 0 Å². The van der Waals surface area contributed by atoms with Gasteiger partial charge in [-0.1, -0.05) is 0 Å². The molecule has 2 heterocycles. The monoisotopic (exact) mass is 269 g/mol. The summed E-state index contributed by atoms with van der Waals surface area (Å²) in [6.07, 6.45) is 0. The van der Waals surface area contributed by atoms with Crippen molar-refractivity contribution < 1.29 is 14.6 Å². The maximum absolute atomic E-state index is 11.2. The lowest BCUT2D eigenvalue weighted by atomic mass is 10.1. The fourth-order valence-corrected chi connectivity index (χ4v) is 2.91. The highest BCUT2D eigenvalue weighted by molar-refractivity contribution is 7.12. The van der Waals surface area contributed by atoms with Crippen LogP contribution in [0, 0.1) is 5.92 Å². The average molecular weight is 269 g/mol. The molecule has 0 radical (unpaired) electrons. The van der Waals surface area contributed by atoms with E-state index in [1.807, 2.05) is 11.4 Å². The van der Waals surface area contributed by atoms with Gasteiger partial charge >= 0.3 is 0 Å². The number of ether oxygens (including phenoxy) is 1. The number of Topliss-reactive ketones (excluding diaryl/α,β-unsaturated/α-hetero) is 1. The van der Waals surface area contributed by atoms with Crippen molar-refractivity contribution in [2.75, 3.05) is 32.9 Å². The zero-order valence-electron chi connectivity index (χ0n) is 10.6. The summed E-state index contributed by atoms with van der Waals surface area (Å²) in [5, 5.41) is 11.3. The van der Waals surface area contributed by atoms with Crippen molar-refractivity contribution in [3.8, 4) is 0 Å². The number of carbonyl (C=O) groups is 1. The summed E-state index contributed by atoms with van der Waals surface area (Å²) in [5.74, 6) is 0.317. The Morgan fingerprint density at radius 3 is 3.17 bits per heavy atom. The van der Waals surface area contributed by atoms with Crippen molar-refractivity contribution in [1.82, 2.24) is 4.90 Å². The third-order valence-electron chi connectivity index (χ3n) is 3.09. The third kappa shape index (κ3) is 3.62. The van der Waals surface area contributed by atoms with Crippen molar-refractivity contribution in [1.29, 1.82) is 0 Å². The summed E-state index contributed by atoms with van der Waals surface area (Å²) in [5.41, 5.74) is 1.17. The normalized spacial score (nSPS) is 21.8. The van der Waals surface area contributed by atoms with E-state index in [1.54, 1.807) is 6.92 Å². The molecule has 2 rings (SSSR count). The lowest BCUT2D eigenvalue weighted by Crippen LogP contribution is -2.30. The Bertz CT molecular complexity index is 405. The minimum Gasteiger partial charge on any atom is -0.396 e. The Morgan fingerprint density at radius 1 is 1.67 bits per heavy atom. The van der Waals surface area contributed by atoms with Gasteiger partial charge in [-0.3, -0.25) is 9.69 Å². The van der Waals surface area contributed by atoms with Crippen molar-refractivity contribution in [2.24, 2.45) is 5.92 Å². The standard InChI is InChI=1S/C13H19NO3S/c1-10(16)13-4-11(9-18-13)5-14-2-3-17-8-12(6-14)7-15/h4,9,12,15H,2-3,5-8H2,1H3/t12-/m0/s1. The van der Waals surface area contributed by atoms with Crippen molar-refractivity contribution in [3.63, 3.8) is 0 Å². The summed E-state index contributed by atoms with van der Waals surface area (Å²) < 4.78 is 5.46. The second kappa shape index (κ2) is 6.43. The lowest BCUT2D eigenvalue weighted by Gasteiger charge is -2.21. The van der Waals surface area contributed by atoms with Gasteiger partial charge in [0.1, 0.15) is 0 Å². The largest absolute Gasteiger partial charge is 0.396 e. The molecule has 1 fully saturated rings. The van der Waals surface area contributed by atoms with Gasteiger partial charge in [0.05, 0.1) is 18.1 Å². The van der Waals surface area contributed by atoms with Crippen LogP contribution in [0.2, 0.25) is 0 Å². The molecule has 1 N–H and O–H groups in total. The maximum Gasteiger partial charge on any atom is 0.169 e. The number of nitrogens with zero attached hydrogens (tertiary/aromatic N) is 1. The molecule has 4 nitrogen and oxygen atoms in total. The number of thiophene rings is 1. The first-order valence-electron chi connectivity index (χ1n) is 6.18. The summed E-state index contributed by atoms with van der Waals surface area (Å²) in [6.45, 7) is 5.65. The van der Waals surface area contributed by atoms with E-state index in [4.69, 9.17) is 4.74 Å². The van der Waals surface area contributed by atoms with Gasteiger partial charge in [-0.15, -0.1) is 11.3 Å². The van der Waals surface area contributed by atoms with E-state index >= 15 is 0 Å². The average Bonchev–Trinajstić information content (AvgIpc) is 2.69. The SMILES string of the molecule is CC(=O)c1cc(CN2CCOC[C@H](CO)C2)cs1. The van der Waals surface area contributed by atoms with Crippen molar-refractivity contribution in [3.05, 3.63) is 21.9 Å². The predicted octanol–water partition coefficient (Wildman–Crippen LogP) is 1.39. The van der Waals surface area contributed by atoms with E-state index in [9.17, 15) is 9.90 Å². The van der Waals surface area contributed by atoms with Crippen LogP contribution in [0.25, 0.3) is 0 Å². The van der Waals surface area contributed by atoms with Gasteiger partial charge in [0, 0.05) is 32.2 Å². The summed E-state index contributed by atoms with van der Waals surface area (Å²) in [4.78, 5) is 14.3. The molecule has 1 saturated heterocycles. The maximum atomic E-state index is 11.2. The first kappa shape index (κ1) is 13.7. The van der Waals surface area contributed by atoms with Crippen LogP contribution in [-0.4, -0.2) is 48.7 Å². The Morgan fingerprint density at radius 2 is 2.50 bits per heavy atom. The molecule has 0 spiro atoms. The highest BCUT2D eigenvalue weighted by atomic mass is 32.1. The van der Waals surface area contributed by atoms with E-state index in [-0.39, 0.29) is 18.3 Å². The molecule has 0 bridgehead atoms. The smallest absolute Gasteiger partial charge is 0.169 e. The highest BCUT2D eigenvalue weighted by Gasteiger charge is 2.18.